The number of phenolic OH excluding ortho intramolecular Hbond substituents is 1. The van der Waals surface area contributed by atoms with Gasteiger partial charge in [0.15, 0.2) is 0 Å². The lowest BCUT2D eigenvalue weighted by atomic mass is 9.72. The number of carbonyl (C=O) groups is 2. The maximum atomic E-state index is 12.1. The lowest BCUT2D eigenvalue weighted by Crippen LogP contribution is -2.51. The van der Waals surface area contributed by atoms with Crippen LogP contribution in [0.4, 0.5) is 5.69 Å². The van der Waals surface area contributed by atoms with Gasteiger partial charge in [0.05, 0.1) is 11.1 Å². The standard InChI is InChI=1S/C13H16N2O3/c1-2-13(6-5-11(17)15-12(13)18)8-3-4-10(16)9(14)7-8/h3-4,7,16H,2,5-6,14H2,1H3,(H,15,17,18)/t13-/m1/s1. The molecule has 2 amide bonds. The molecule has 1 aromatic rings. The number of nitrogens with one attached hydrogen (secondary N) is 1. The van der Waals surface area contributed by atoms with Gasteiger partial charge < -0.3 is 10.8 Å². The summed E-state index contributed by atoms with van der Waals surface area (Å²) in [6.45, 7) is 1.90. The quantitative estimate of drug-likeness (QED) is 0.414. The van der Waals surface area contributed by atoms with Gasteiger partial charge in [0.2, 0.25) is 11.8 Å². The summed E-state index contributed by atoms with van der Waals surface area (Å²) in [6.07, 6.45) is 1.37. The maximum absolute atomic E-state index is 12.1. The lowest BCUT2D eigenvalue weighted by molar-refractivity contribution is -0.138. The minimum atomic E-state index is -0.726. The fraction of sp³-hybridized carbons (Fsp3) is 0.385. The first-order chi connectivity index (χ1) is 8.49. The zero-order chi connectivity index (χ0) is 13.3. The summed E-state index contributed by atoms with van der Waals surface area (Å²) in [5, 5.41) is 11.8. The van der Waals surface area contributed by atoms with Crippen molar-refractivity contribution in [2.45, 2.75) is 31.6 Å². The van der Waals surface area contributed by atoms with E-state index in [1.807, 2.05) is 6.92 Å². The second kappa shape index (κ2) is 4.33. The van der Waals surface area contributed by atoms with Crippen LogP contribution < -0.4 is 11.1 Å². The largest absolute Gasteiger partial charge is 0.506 e. The SMILES string of the molecule is CC[C@]1(c2ccc(O)c(N)c2)CCC(=O)NC1=O. The number of hydrogen-bond acceptors (Lipinski definition) is 4. The van der Waals surface area contributed by atoms with Gasteiger partial charge in [0.25, 0.3) is 0 Å². The van der Waals surface area contributed by atoms with Crippen LogP contribution in [0.2, 0.25) is 0 Å². The van der Waals surface area contributed by atoms with Crippen LogP contribution in [0, 0.1) is 0 Å². The number of anilines is 1. The fourth-order valence-electron chi connectivity index (χ4n) is 2.42. The molecule has 1 aromatic carbocycles. The molecule has 5 heteroatoms. The van der Waals surface area contributed by atoms with Gasteiger partial charge in [-0.05, 0) is 30.5 Å². The predicted octanol–water partition coefficient (Wildman–Crippen LogP) is 1.06. The van der Waals surface area contributed by atoms with Crippen molar-refractivity contribution in [1.82, 2.24) is 5.32 Å². The molecule has 5 nitrogen and oxygen atoms in total. The Bertz CT molecular complexity index is 513. The van der Waals surface area contributed by atoms with Crippen molar-refractivity contribution in [2.24, 2.45) is 0 Å². The molecule has 96 valence electrons. The first-order valence-corrected chi connectivity index (χ1v) is 5.93. The third kappa shape index (κ3) is 1.81. The number of hydrogen-bond donors (Lipinski definition) is 3. The number of nitrogens with two attached hydrogens (primary N) is 1. The topological polar surface area (TPSA) is 92.4 Å². The van der Waals surface area contributed by atoms with Gasteiger partial charge in [-0.15, -0.1) is 0 Å². The average molecular weight is 248 g/mol. The molecule has 4 N–H and O–H groups in total. The highest BCUT2D eigenvalue weighted by atomic mass is 16.3. The third-order valence-corrected chi connectivity index (χ3v) is 3.65. The fourth-order valence-corrected chi connectivity index (χ4v) is 2.42. The monoisotopic (exact) mass is 248 g/mol. The Hall–Kier alpha value is -2.04. The number of imide groups is 1. The van der Waals surface area contributed by atoms with Gasteiger partial charge in [0, 0.05) is 6.42 Å². The van der Waals surface area contributed by atoms with Crippen LogP contribution >= 0.6 is 0 Å². The lowest BCUT2D eigenvalue weighted by Gasteiger charge is -2.35. The first kappa shape index (κ1) is 12.4. The zero-order valence-corrected chi connectivity index (χ0v) is 10.2. The van der Waals surface area contributed by atoms with E-state index >= 15 is 0 Å². The summed E-state index contributed by atoms with van der Waals surface area (Å²) in [5.41, 5.74) is 5.92. The Labute approximate surface area is 105 Å². The zero-order valence-electron chi connectivity index (χ0n) is 10.2. The molecule has 0 aliphatic carbocycles. The van der Waals surface area contributed by atoms with Crippen LogP contribution in [-0.2, 0) is 15.0 Å². The Morgan fingerprint density at radius 3 is 2.72 bits per heavy atom. The van der Waals surface area contributed by atoms with Crippen molar-refractivity contribution in [3.05, 3.63) is 23.8 Å². The van der Waals surface area contributed by atoms with Gasteiger partial charge in [-0.1, -0.05) is 13.0 Å². The highest BCUT2D eigenvalue weighted by Crippen LogP contribution is 2.38. The van der Waals surface area contributed by atoms with Gasteiger partial charge in [-0.25, -0.2) is 0 Å². The Kier molecular flexibility index (Phi) is 2.98. The molecule has 0 radical (unpaired) electrons. The van der Waals surface area contributed by atoms with Crippen molar-refractivity contribution >= 4 is 17.5 Å². The normalized spacial score (nSPS) is 23.8. The van der Waals surface area contributed by atoms with Crippen LogP contribution in [0.25, 0.3) is 0 Å². The number of aromatic hydroxyl groups is 1. The van der Waals surface area contributed by atoms with E-state index in [9.17, 15) is 14.7 Å². The molecule has 0 saturated carbocycles. The highest BCUT2D eigenvalue weighted by molar-refractivity contribution is 6.03. The summed E-state index contributed by atoms with van der Waals surface area (Å²) in [6, 6.07) is 4.77. The molecule has 2 rings (SSSR count). The van der Waals surface area contributed by atoms with Crippen molar-refractivity contribution in [1.29, 1.82) is 0 Å². The van der Waals surface area contributed by atoms with Gasteiger partial charge in [-0.3, -0.25) is 14.9 Å². The number of carbonyl (C=O) groups excluding carboxylic acids is 2. The van der Waals surface area contributed by atoms with Gasteiger partial charge in [-0.2, -0.15) is 0 Å². The number of benzene rings is 1. The van der Waals surface area contributed by atoms with Crippen molar-refractivity contribution < 1.29 is 14.7 Å². The van der Waals surface area contributed by atoms with E-state index in [0.717, 1.165) is 5.56 Å². The van der Waals surface area contributed by atoms with Crippen molar-refractivity contribution in [2.75, 3.05) is 5.73 Å². The second-order valence-electron chi connectivity index (χ2n) is 4.59. The third-order valence-electron chi connectivity index (χ3n) is 3.65. The van der Waals surface area contributed by atoms with E-state index in [1.54, 1.807) is 12.1 Å². The molecule has 1 heterocycles. The molecular weight excluding hydrogens is 232 g/mol. The van der Waals surface area contributed by atoms with Crippen LogP contribution in [-0.4, -0.2) is 16.9 Å². The van der Waals surface area contributed by atoms with E-state index in [4.69, 9.17) is 5.73 Å². The summed E-state index contributed by atoms with van der Waals surface area (Å²) in [4.78, 5) is 23.4. The summed E-state index contributed by atoms with van der Waals surface area (Å²) >= 11 is 0. The average Bonchev–Trinajstić information content (AvgIpc) is 2.34. The van der Waals surface area contributed by atoms with Crippen LogP contribution in [0.3, 0.4) is 0 Å². The van der Waals surface area contributed by atoms with Crippen molar-refractivity contribution in [3.8, 4) is 5.75 Å². The molecule has 0 unspecified atom stereocenters. The Morgan fingerprint density at radius 2 is 2.17 bits per heavy atom. The summed E-state index contributed by atoms with van der Waals surface area (Å²) in [5.74, 6) is -0.528. The summed E-state index contributed by atoms with van der Waals surface area (Å²) < 4.78 is 0. The Balaban J connectivity index is 2.46. The smallest absolute Gasteiger partial charge is 0.237 e. The molecule has 1 aliphatic heterocycles. The van der Waals surface area contributed by atoms with Crippen LogP contribution in [0.5, 0.6) is 5.75 Å². The van der Waals surface area contributed by atoms with E-state index < -0.39 is 5.41 Å². The molecule has 0 spiro atoms. The number of rotatable bonds is 2. The molecule has 0 bridgehead atoms. The van der Waals surface area contributed by atoms with Gasteiger partial charge >= 0.3 is 0 Å². The molecule has 1 atom stereocenters. The molecular formula is C13H16N2O3. The molecule has 18 heavy (non-hydrogen) atoms. The predicted molar refractivity (Wildman–Crippen MR) is 66.9 cm³/mol. The number of piperidine rings is 1. The Morgan fingerprint density at radius 1 is 1.44 bits per heavy atom. The molecule has 1 aliphatic rings. The van der Waals surface area contributed by atoms with E-state index in [-0.39, 0.29) is 23.3 Å². The van der Waals surface area contributed by atoms with Gasteiger partial charge in [0.1, 0.15) is 5.75 Å². The summed E-state index contributed by atoms with van der Waals surface area (Å²) in [7, 11) is 0. The van der Waals surface area contributed by atoms with E-state index in [1.165, 1.54) is 6.07 Å². The highest BCUT2D eigenvalue weighted by Gasteiger charge is 2.42. The van der Waals surface area contributed by atoms with E-state index in [2.05, 4.69) is 5.32 Å². The van der Waals surface area contributed by atoms with Crippen molar-refractivity contribution in [3.63, 3.8) is 0 Å². The molecule has 0 aromatic heterocycles. The minimum absolute atomic E-state index is 0.00250. The molecule has 1 saturated heterocycles. The first-order valence-electron chi connectivity index (χ1n) is 5.93. The minimum Gasteiger partial charge on any atom is -0.506 e. The number of nitrogen functional groups attached to an aromatic ring is 1. The molecule has 1 fully saturated rings. The number of amides is 2. The van der Waals surface area contributed by atoms with Crippen LogP contribution in [0.1, 0.15) is 31.7 Å². The number of phenols is 1. The van der Waals surface area contributed by atoms with Crippen LogP contribution in [0.15, 0.2) is 18.2 Å². The maximum Gasteiger partial charge on any atom is 0.237 e. The van der Waals surface area contributed by atoms with E-state index in [0.29, 0.717) is 19.3 Å². The second-order valence-corrected chi connectivity index (χ2v) is 4.59.